The van der Waals surface area contributed by atoms with Gasteiger partial charge in [0.2, 0.25) is 0 Å². The summed E-state index contributed by atoms with van der Waals surface area (Å²) < 4.78 is 5.87. The van der Waals surface area contributed by atoms with Gasteiger partial charge in [0.15, 0.2) is 0 Å². The molecule has 1 aromatic carbocycles. The van der Waals surface area contributed by atoms with E-state index in [0.29, 0.717) is 5.75 Å². The summed E-state index contributed by atoms with van der Waals surface area (Å²) in [4.78, 5) is 10.1. The predicted octanol–water partition coefficient (Wildman–Crippen LogP) is 3.33. The molecule has 18 heavy (non-hydrogen) atoms. The highest BCUT2D eigenvalue weighted by Gasteiger charge is 2.13. The molecule has 0 N–H and O–H groups in total. The van der Waals surface area contributed by atoms with E-state index in [1.54, 1.807) is 12.1 Å². The van der Waals surface area contributed by atoms with Crippen LogP contribution in [0.2, 0.25) is 13.1 Å². The van der Waals surface area contributed by atoms with Crippen LogP contribution >= 0.6 is 0 Å². The Balaban J connectivity index is 2.75. The second-order valence-electron chi connectivity index (χ2n) is 4.41. The van der Waals surface area contributed by atoms with Crippen LogP contribution in [0.5, 0.6) is 5.75 Å². The van der Waals surface area contributed by atoms with Gasteiger partial charge in [-0.05, 0) is 18.6 Å². The maximum Gasteiger partial charge on any atom is 0.269 e. The van der Waals surface area contributed by atoms with Gasteiger partial charge in [0.1, 0.15) is 11.5 Å². The molecule has 0 bridgehead atoms. The van der Waals surface area contributed by atoms with Crippen molar-refractivity contribution in [1.82, 2.24) is 0 Å². The fourth-order valence-electron chi connectivity index (χ4n) is 1.47. The monoisotopic (exact) mass is 265 g/mol. The van der Waals surface area contributed by atoms with Crippen LogP contribution in [0.25, 0.3) is 0 Å². The molecule has 0 fully saturated rings. The number of benzene rings is 1. The Labute approximate surface area is 109 Å². The van der Waals surface area contributed by atoms with Crippen molar-refractivity contribution in [2.24, 2.45) is 0 Å². The molecule has 0 aliphatic heterocycles. The number of nitrogens with zero attached hydrogens (tertiary/aromatic N) is 1. The first-order valence-corrected chi connectivity index (χ1v) is 9.10. The van der Waals surface area contributed by atoms with Crippen molar-refractivity contribution in [2.45, 2.75) is 32.2 Å². The van der Waals surface area contributed by atoms with Crippen LogP contribution in [-0.2, 0) is 0 Å². The molecule has 0 radical (unpaired) electrons. The summed E-state index contributed by atoms with van der Waals surface area (Å²) in [6, 6.07) is 6.25. The van der Waals surface area contributed by atoms with Gasteiger partial charge in [-0.1, -0.05) is 32.2 Å². The lowest BCUT2D eigenvalue weighted by Gasteiger charge is -2.18. The lowest BCUT2D eigenvalue weighted by molar-refractivity contribution is -0.384. The molecule has 1 aromatic rings. The quantitative estimate of drug-likeness (QED) is 0.343. The number of non-ortho nitro benzene ring substituents is 1. The van der Waals surface area contributed by atoms with E-state index in [0.717, 1.165) is 6.42 Å². The smallest absolute Gasteiger partial charge is 0.269 e. The Morgan fingerprint density at radius 1 is 1.39 bits per heavy atom. The Kier molecular flexibility index (Phi) is 5.58. The van der Waals surface area contributed by atoms with Crippen molar-refractivity contribution in [1.29, 1.82) is 0 Å². The lowest BCUT2D eigenvalue weighted by atomic mass is 10.3. The van der Waals surface area contributed by atoms with Gasteiger partial charge < -0.3 is 4.74 Å². The van der Waals surface area contributed by atoms with E-state index in [1.165, 1.54) is 12.1 Å². The molecule has 1 rings (SSSR count). The Morgan fingerprint density at radius 3 is 2.44 bits per heavy atom. The zero-order valence-electron chi connectivity index (χ0n) is 11.0. The van der Waals surface area contributed by atoms with Gasteiger partial charge in [0.25, 0.3) is 5.69 Å². The number of hydrogen-bond donors (Lipinski definition) is 0. The van der Waals surface area contributed by atoms with Crippen molar-refractivity contribution in [3.63, 3.8) is 0 Å². The first-order valence-electron chi connectivity index (χ1n) is 6.12. The molecule has 0 aromatic heterocycles. The van der Waals surface area contributed by atoms with E-state index < -0.39 is 13.7 Å². The van der Waals surface area contributed by atoms with Gasteiger partial charge in [0.05, 0.1) is 13.7 Å². The molecule has 0 amide bonds. The zero-order valence-corrected chi connectivity index (χ0v) is 12.2. The molecule has 5 heteroatoms. The van der Waals surface area contributed by atoms with Crippen LogP contribution in [-0.4, -0.2) is 19.4 Å². The number of nitro groups is 1. The predicted molar refractivity (Wildman–Crippen MR) is 75.8 cm³/mol. The molecule has 0 spiro atoms. The van der Waals surface area contributed by atoms with Crippen molar-refractivity contribution in [2.75, 3.05) is 0 Å². The number of allylic oxidation sites excluding steroid dienone is 1. The largest absolute Gasteiger partial charge is 0.491 e. The van der Waals surface area contributed by atoms with Crippen molar-refractivity contribution < 1.29 is 9.66 Å². The van der Waals surface area contributed by atoms with Gasteiger partial charge in [-0.2, -0.15) is 0 Å². The zero-order chi connectivity index (χ0) is 13.5. The fourth-order valence-corrected chi connectivity index (χ4v) is 2.50. The molecule has 1 atom stereocenters. The molecule has 0 aliphatic carbocycles. The molecular formula is C13H19NO3Si. The fraction of sp³-hybridized carbons (Fsp3) is 0.385. The average Bonchev–Trinajstić information content (AvgIpc) is 2.34. The highest BCUT2D eigenvalue weighted by Crippen LogP contribution is 2.19. The van der Waals surface area contributed by atoms with Crippen LogP contribution in [0.15, 0.2) is 36.4 Å². The Bertz CT molecular complexity index is 415. The van der Waals surface area contributed by atoms with Gasteiger partial charge >= 0.3 is 0 Å². The molecule has 0 saturated carbocycles. The van der Waals surface area contributed by atoms with E-state index in [4.69, 9.17) is 4.74 Å². The first-order chi connectivity index (χ1) is 8.54. The molecule has 98 valence electrons. The van der Waals surface area contributed by atoms with Crippen molar-refractivity contribution >= 4 is 14.5 Å². The third-order valence-corrected chi connectivity index (χ3v) is 4.21. The van der Waals surface area contributed by atoms with E-state index in [2.05, 4.69) is 32.2 Å². The maximum atomic E-state index is 10.5. The number of rotatable bonds is 6. The van der Waals surface area contributed by atoms with Gasteiger partial charge in [-0.3, -0.25) is 10.1 Å². The van der Waals surface area contributed by atoms with Crippen LogP contribution in [0.3, 0.4) is 0 Å². The van der Waals surface area contributed by atoms with Crippen LogP contribution < -0.4 is 4.74 Å². The Hall–Kier alpha value is -1.62. The summed E-state index contributed by atoms with van der Waals surface area (Å²) in [7, 11) is -0.962. The number of hydrogen-bond acceptors (Lipinski definition) is 3. The summed E-state index contributed by atoms with van der Waals surface area (Å²) >= 11 is 0. The summed E-state index contributed by atoms with van der Waals surface area (Å²) in [6.07, 6.45) is 5.18. The maximum absolute atomic E-state index is 10.5. The lowest BCUT2D eigenvalue weighted by Crippen LogP contribution is -2.28. The highest BCUT2D eigenvalue weighted by atomic mass is 28.3. The second kappa shape index (κ2) is 6.96. The minimum atomic E-state index is -0.962. The third kappa shape index (κ3) is 4.33. The molecule has 1 unspecified atom stereocenters. The van der Waals surface area contributed by atoms with Crippen molar-refractivity contribution in [3.8, 4) is 5.75 Å². The van der Waals surface area contributed by atoms with Crippen LogP contribution in [0, 0.1) is 10.1 Å². The third-order valence-electron chi connectivity index (χ3n) is 2.54. The van der Waals surface area contributed by atoms with Crippen LogP contribution in [0.1, 0.15) is 13.3 Å². The van der Waals surface area contributed by atoms with Gasteiger partial charge in [-0.25, -0.2) is 0 Å². The molecular weight excluding hydrogens is 246 g/mol. The summed E-state index contributed by atoms with van der Waals surface area (Å²) in [5, 5.41) is 10.5. The molecule has 0 saturated heterocycles. The number of ether oxygens (including phenoxy) is 1. The number of nitro benzene ring substituents is 1. The normalized spacial score (nSPS) is 12.9. The standard InChI is InChI=1S/C13H19NO3Si/c1-4-5-6-13(18(2)3)17-12-9-7-11(8-10-12)14(15)16/h5-10,13,18H,4H2,1-3H3. The molecule has 0 heterocycles. The molecule has 4 nitrogen and oxygen atoms in total. The van der Waals surface area contributed by atoms with Gasteiger partial charge in [-0.15, -0.1) is 0 Å². The van der Waals surface area contributed by atoms with Crippen LogP contribution in [0.4, 0.5) is 5.69 Å². The topological polar surface area (TPSA) is 52.4 Å². The average molecular weight is 265 g/mol. The second-order valence-corrected chi connectivity index (χ2v) is 7.56. The first kappa shape index (κ1) is 14.4. The van der Waals surface area contributed by atoms with E-state index in [1.807, 2.05) is 0 Å². The minimum Gasteiger partial charge on any atom is -0.491 e. The summed E-state index contributed by atoms with van der Waals surface area (Å²) in [5.74, 6) is 0.688. The minimum absolute atomic E-state index is 0.0878. The molecule has 0 aliphatic rings. The van der Waals surface area contributed by atoms with Crippen molar-refractivity contribution in [3.05, 3.63) is 46.5 Å². The SMILES string of the molecule is CCC=CC(Oc1ccc([N+](=O)[O-])cc1)[SiH](C)C. The Morgan fingerprint density at radius 2 is 2.00 bits per heavy atom. The summed E-state index contributed by atoms with van der Waals surface area (Å²) in [6.45, 7) is 6.52. The van der Waals surface area contributed by atoms with Gasteiger partial charge in [0, 0.05) is 12.1 Å². The highest BCUT2D eigenvalue weighted by molar-refractivity contribution is 6.57. The van der Waals surface area contributed by atoms with E-state index >= 15 is 0 Å². The van der Waals surface area contributed by atoms with E-state index in [-0.39, 0.29) is 11.4 Å². The summed E-state index contributed by atoms with van der Waals surface area (Å²) in [5.41, 5.74) is 0.219. The van der Waals surface area contributed by atoms with E-state index in [9.17, 15) is 10.1 Å².